The average molecular weight is 383 g/mol. The third kappa shape index (κ3) is 3.04. The second kappa shape index (κ2) is 6.43. The van der Waals surface area contributed by atoms with Gasteiger partial charge in [-0.15, -0.1) is 0 Å². The van der Waals surface area contributed by atoms with Crippen LogP contribution in [0, 0.1) is 5.82 Å². The highest BCUT2D eigenvalue weighted by molar-refractivity contribution is 9.09. The molecule has 2 aliphatic rings. The topological polar surface area (TPSA) is 52.6 Å². The Kier molecular flexibility index (Phi) is 4.53. The molecule has 0 saturated heterocycles. The van der Waals surface area contributed by atoms with E-state index in [1.807, 2.05) is 0 Å². The molecule has 1 aromatic rings. The zero-order valence-corrected chi connectivity index (χ0v) is 14.0. The number of ether oxygens (including phenoxy) is 2. The van der Waals surface area contributed by atoms with Crippen LogP contribution in [0.3, 0.4) is 0 Å². The third-order valence-electron chi connectivity index (χ3n) is 4.32. The largest absolute Gasteiger partial charge is 0.450 e. The first-order chi connectivity index (χ1) is 11.1. The highest BCUT2D eigenvalue weighted by Crippen LogP contribution is 2.44. The summed E-state index contributed by atoms with van der Waals surface area (Å²) in [5.74, 6) is -1.23. The van der Waals surface area contributed by atoms with Crippen LogP contribution in [0.5, 0.6) is 5.75 Å². The molecule has 0 radical (unpaired) electrons. The lowest BCUT2D eigenvalue weighted by molar-refractivity contribution is -0.150. The van der Waals surface area contributed by atoms with Crippen LogP contribution >= 0.6 is 15.9 Å². The number of halogens is 2. The Labute approximate surface area is 141 Å². The summed E-state index contributed by atoms with van der Waals surface area (Å²) in [7, 11) is 0. The fourth-order valence-corrected chi connectivity index (χ4v) is 3.74. The number of benzene rings is 1. The van der Waals surface area contributed by atoms with Crippen LogP contribution in [0.25, 0.3) is 0 Å². The summed E-state index contributed by atoms with van der Waals surface area (Å²) in [6.45, 7) is 0. The van der Waals surface area contributed by atoms with Gasteiger partial charge in [-0.1, -0.05) is 22.4 Å². The lowest BCUT2D eigenvalue weighted by atomic mass is 9.79. The molecule has 1 aliphatic heterocycles. The van der Waals surface area contributed by atoms with E-state index in [1.54, 1.807) is 0 Å². The normalized spacial score (nSPS) is 19.8. The molecule has 0 atom stereocenters. The molecule has 0 unspecified atom stereocenters. The van der Waals surface area contributed by atoms with E-state index in [0.29, 0.717) is 24.0 Å². The van der Waals surface area contributed by atoms with Crippen molar-refractivity contribution in [3.63, 3.8) is 0 Å². The van der Waals surface area contributed by atoms with E-state index in [2.05, 4.69) is 15.9 Å². The van der Waals surface area contributed by atoms with Crippen LogP contribution < -0.4 is 4.74 Å². The van der Waals surface area contributed by atoms with Crippen LogP contribution in [-0.4, -0.2) is 22.9 Å². The Balaban J connectivity index is 1.92. The van der Waals surface area contributed by atoms with Crippen molar-refractivity contribution in [3.8, 4) is 5.75 Å². The van der Waals surface area contributed by atoms with Gasteiger partial charge >= 0.3 is 11.9 Å². The number of carbonyl (C=O) groups excluding carboxylic acids is 2. The maximum Gasteiger partial charge on any atom is 0.344 e. The molecule has 1 spiro atoms. The Bertz CT molecular complexity index is 660. The lowest BCUT2D eigenvalue weighted by Gasteiger charge is -2.33. The molecule has 0 N–H and O–H groups in total. The molecule has 6 heteroatoms. The van der Waals surface area contributed by atoms with Gasteiger partial charge in [-0.2, -0.15) is 0 Å². The number of rotatable bonds is 3. The summed E-state index contributed by atoms with van der Waals surface area (Å²) in [5, 5.41) is 0.238. The van der Waals surface area contributed by atoms with Crippen molar-refractivity contribution in [2.24, 2.45) is 0 Å². The van der Waals surface area contributed by atoms with E-state index in [0.717, 1.165) is 19.3 Å². The summed E-state index contributed by atoms with van der Waals surface area (Å²) < 4.78 is 23.9. The summed E-state index contributed by atoms with van der Waals surface area (Å²) in [4.78, 5) is 24.8. The summed E-state index contributed by atoms with van der Waals surface area (Å²) >= 11 is 3.25. The number of hydrogen-bond acceptors (Lipinski definition) is 4. The molecule has 1 heterocycles. The predicted molar refractivity (Wildman–Crippen MR) is 84.8 cm³/mol. The van der Waals surface area contributed by atoms with E-state index in [-0.39, 0.29) is 11.1 Å². The zero-order chi connectivity index (χ0) is 16.4. The van der Waals surface area contributed by atoms with Gasteiger partial charge in [-0.05, 0) is 49.9 Å². The Morgan fingerprint density at radius 3 is 2.48 bits per heavy atom. The van der Waals surface area contributed by atoms with Gasteiger partial charge < -0.3 is 9.47 Å². The number of alkyl halides is 1. The predicted octanol–water partition coefficient (Wildman–Crippen LogP) is 3.68. The highest BCUT2D eigenvalue weighted by atomic mass is 79.9. The maximum atomic E-state index is 13.0. The quantitative estimate of drug-likeness (QED) is 0.454. The SMILES string of the molecule is O=C1OC2(CCCCC2)C(C(=O)Oc2ccc(F)cc2)=C1CBr. The van der Waals surface area contributed by atoms with Gasteiger partial charge in [0.05, 0.1) is 11.1 Å². The van der Waals surface area contributed by atoms with Gasteiger partial charge in [0.2, 0.25) is 0 Å². The first-order valence-corrected chi connectivity index (χ1v) is 8.68. The molecule has 0 bridgehead atoms. The fraction of sp³-hybridized carbons (Fsp3) is 0.412. The van der Waals surface area contributed by atoms with E-state index in [9.17, 15) is 14.0 Å². The second-order valence-electron chi connectivity index (χ2n) is 5.78. The highest BCUT2D eigenvalue weighted by Gasteiger charge is 2.51. The zero-order valence-electron chi connectivity index (χ0n) is 12.4. The van der Waals surface area contributed by atoms with E-state index < -0.39 is 23.4 Å². The summed E-state index contributed by atoms with van der Waals surface area (Å²) in [5.41, 5.74) is -0.238. The van der Waals surface area contributed by atoms with E-state index in [1.165, 1.54) is 24.3 Å². The summed E-state index contributed by atoms with van der Waals surface area (Å²) in [6, 6.07) is 5.20. The van der Waals surface area contributed by atoms with Crippen molar-refractivity contribution >= 4 is 27.9 Å². The first-order valence-electron chi connectivity index (χ1n) is 7.56. The lowest BCUT2D eigenvalue weighted by Crippen LogP contribution is -2.38. The Morgan fingerprint density at radius 2 is 1.87 bits per heavy atom. The fourth-order valence-electron chi connectivity index (χ4n) is 3.23. The maximum absolute atomic E-state index is 13.0. The minimum absolute atomic E-state index is 0.238. The van der Waals surface area contributed by atoms with Gasteiger partial charge in [-0.3, -0.25) is 0 Å². The van der Waals surface area contributed by atoms with Crippen molar-refractivity contribution in [1.29, 1.82) is 0 Å². The second-order valence-corrected chi connectivity index (χ2v) is 6.34. The van der Waals surface area contributed by atoms with Gasteiger partial charge in [0.1, 0.15) is 17.2 Å². The van der Waals surface area contributed by atoms with Crippen molar-refractivity contribution in [2.45, 2.75) is 37.7 Å². The molecule has 0 amide bonds. The van der Waals surface area contributed by atoms with Gasteiger partial charge in [0.25, 0.3) is 0 Å². The van der Waals surface area contributed by atoms with Gasteiger partial charge in [0.15, 0.2) is 0 Å². The van der Waals surface area contributed by atoms with Gasteiger partial charge in [-0.25, -0.2) is 14.0 Å². The Morgan fingerprint density at radius 1 is 1.22 bits per heavy atom. The minimum atomic E-state index is -0.866. The molecule has 122 valence electrons. The van der Waals surface area contributed by atoms with E-state index >= 15 is 0 Å². The molecule has 3 rings (SSSR count). The molecule has 0 aromatic heterocycles. The van der Waals surface area contributed by atoms with Crippen molar-refractivity contribution < 1.29 is 23.5 Å². The number of carbonyl (C=O) groups is 2. The van der Waals surface area contributed by atoms with Crippen LogP contribution in [0.4, 0.5) is 4.39 Å². The number of hydrogen-bond donors (Lipinski definition) is 0. The van der Waals surface area contributed by atoms with Crippen molar-refractivity contribution in [1.82, 2.24) is 0 Å². The molecule has 1 fully saturated rings. The first kappa shape index (κ1) is 16.2. The van der Waals surface area contributed by atoms with Crippen molar-refractivity contribution in [2.75, 3.05) is 5.33 Å². The van der Waals surface area contributed by atoms with Crippen LogP contribution in [-0.2, 0) is 14.3 Å². The monoisotopic (exact) mass is 382 g/mol. The molecule has 4 nitrogen and oxygen atoms in total. The molecular formula is C17H16BrFO4. The average Bonchev–Trinajstić information content (AvgIpc) is 2.81. The smallest absolute Gasteiger partial charge is 0.344 e. The standard InChI is InChI=1S/C17H16BrFO4/c18-10-13-14(16(21)22-12-6-4-11(19)5-7-12)17(23-15(13)20)8-2-1-3-9-17/h4-7H,1-3,8-10H2. The van der Waals surface area contributed by atoms with E-state index in [4.69, 9.17) is 9.47 Å². The minimum Gasteiger partial charge on any atom is -0.450 e. The molecule has 23 heavy (non-hydrogen) atoms. The Hall–Kier alpha value is -1.69. The molecule has 1 aromatic carbocycles. The van der Waals surface area contributed by atoms with Crippen LogP contribution in [0.15, 0.2) is 35.4 Å². The molecular weight excluding hydrogens is 367 g/mol. The van der Waals surface area contributed by atoms with Crippen LogP contribution in [0.2, 0.25) is 0 Å². The third-order valence-corrected chi connectivity index (χ3v) is 4.88. The summed E-state index contributed by atoms with van der Waals surface area (Å²) in [6.07, 6.45) is 4.11. The van der Waals surface area contributed by atoms with Crippen molar-refractivity contribution in [3.05, 3.63) is 41.2 Å². The van der Waals surface area contributed by atoms with Gasteiger partial charge in [0, 0.05) is 5.33 Å². The number of esters is 2. The molecule has 1 saturated carbocycles. The van der Waals surface area contributed by atoms with Crippen LogP contribution in [0.1, 0.15) is 32.1 Å². The molecule has 1 aliphatic carbocycles.